The quantitative estimate of drug-likeness (QED) is 0.250. The van der Waals surface area contributed by atoms with Gasteiger partial charge in [-0.25, -0.2) is 0 Å². The molecule has 3 atom stereocenters. The summed E-state index contributed by atoms with van der Waals surface area (Å²) in [6.45, 7) is 13.1. The van der Waals surface area contributed by atoms with Gasteiger partial charge < -0.3 is 36.7 Å². The first-order valence-corrected chi connectivity index (χ1v) is 15.0. The van der Waals surface area contributed by atoms with E-state index < -0.39 is 9.05 Å². The minimum atomic E-state index is -3.42. The van der Waals surface area contributed by atoms with Crippen LogP contribution in [-0.2, 0) is 36.7 Å². The van der Waals surface area contributed by atoms with E-state index in [4.69, 9.17) is 36.7 Å². The molecule has 0 aromatic carbocycles. The SMILES string of the molecule is CCC1(CO[Si](OCC2CCC3OC3C2)(OCC2(CC)COC2)OCC2(CC)COC2)COC1. The summed E-state index contributed by atoms with van der Waals surface area (Å²) in [6, 6.07) is 0. The molecule has 0 spiro atoms. The lowest BCUT2D eigenvalue weighted by atomic mass is 9.84. The third-order valence-corrected chi connectivity index (χ3v) is 11.0. The third-order valence-electron chi connectivity index (χ3n) is 8.97. The molecule has 196 valence electrons. The Bertz CT molecular complexity index is 597. The molecule has 9 heteroatoms. The van der Waals surface area contributed by atoms with Crippen LogP contribution in [0.2, 0.25) is 0 Å². The molecule has 5 fully saturated rings. The maximum absolute atomic E-state index is 6.66. The van der Waals surface area contributed by atoms with E-state index in [0.717, 1.165) is 78.2 Å². The smallest absolute Gasteiger partial charge is 0.380 e. The Balaban J connectivity index is 1.30. The molecule has 0 N–H and O–H groups in total. The van der Waals surface area contributed by atoms with Crippen LogP contribution in [0.5, 0.6) is 0 Å². The van der Waals surface area contributed by atoms with Crippen LogP contribution in [0.4, 0.5) is 0 Å². The fraction of sp³-hybridized carbons (Fsp3) is 1.00. The molecular weight excluding hydrogens is 456 g/mol. The van der Waals surface area contributed by atoms with E-state index in [-0.39, 0.29) is 16.2 Å². The van der Waals surface area contributed by atoms with Crippen molar-refractivity contribution in [2.24, 2.45) is 22.2 Å². The van der Waals surface area contributed by atoms with E-state index >= 15 is 0 Å². The van der Waals surface area contributed by atoms with Crippen LogP contribution in [0, 0.1) is 22.2 Å². The Labute approximate surface area is 205 Å². The van der Waals surface area contributed by atoms with Gasteiger partial charge >= 0.3 is 9.05 Å². The number of epoxide rings is 1. The Hall–Kier alpha value is -0.103. The topological polar surface area (TPSA) is 77.1 Å². The van der Waals surface area contributed by atoms with Crippen LogP contribution in [0.3, 0.4) is 0 Å². The standard InChI is InChI=1S/C25H44O8Si/c1-4-23(11-26-12-23)17-30-34(31-18-24(5-2)13-27-14-24,32-19-25(6-3)15-28-16-25)29-10-20-7-8-21-22(9-20)33-21/h20-22H,4-19H2,1-3H3. The van der Waals surface area contributed by atoms with Gasteiger partial charge in [-0.2, -0.15) is 0 Å². The van der Waals surface area contributed by atoms with Crippen LogP contribution in [0.25, 0.3) is 0 Å². The summed E-state index contributed by atoms with van der Waals surface area (Å²) < 4.78 is 49.0. The van der Waals surface area contributed by atoms with Crippen LogP contribution < -0.4 is 0 Å². The molecule has 0 bridgehead atoms. The summed E-state index contributed by atoms with van der Waals surface area (Å²) in [7, 11) is -3.42. The molecule has 0 aromatic heterocycles. The Morgan fingerprint density at radius 2 is 1.12 bits per heavy atom. The van der Waals surface area contributed by atoms with Gasteiger partial charge in [-0.1, -0.05) is 20.8 Å². The largest absolute Gasteiger partial charge is 0.679 e. The van der Waals surface area contributed by atoms with Crippen molar-refractivity contribution in [2.75, 3.05) is 66.1 Å². The molecule has 0 amide bonds. The van der Waals surface area contributed by atoms with Crippen LogP contribution in [0.1, 0.15) is 59.3 Å². The van der Waals surface area contributed by atoms with Crippen LogP contribution in [0.15, 0.2) is 0 Å². The van der Waals surface area contributed by atoms with Gasteiger partial charge in [-0.05, 0) is 44.4 Å². The van der Waals surface area contributed by atoms with E-state index in [2.05, 4.69) is 20.8 Å². The summed E-state index contributed by atoms with van der Waals surface area (Å²) in [5.41, 5.74) is 0.0782. The van der Waals surface area contributed by atoms with Crippen molar-refractivity contribution in [1.82, 2.24) is 0 Å². The second kappa shape index (κ2) is 10.3. The highest BCUT2D eigenvalue weighted by molar-refractivity contribution is 6.53. The van der Waals surface area contributed by atoms with Crippen molar-refractivity contribution >= 4 is 9.05 Å². The fourth-order valence-corrected chi connectivity index (χ4v) is 7.56. The third kappa shape index (κ3) is 5.43. The molecule has 8 nitrogen and oxygen atoms in total. The highest BCUT2D eigenvalue weighted by atomic mass is 28.4. The minimum absolute atomic E-state index is 0.0261. The van der Waals surface area contributed by atoms with Crippen molar-refractivity contribution in [1.29, 1.82) is 0 Å². The van der Waals surface area contributed by atoms with Gasteiger partial charge in [0.05, 0.1) is 71.7 Å². The first kappa shape index (κ1) is 25.5. The molecule has 5 rings (SSSR count). The Morgan fingerprint density at radius 1 is 0.647 bits per heavy atom. The molecule has 1 aliphatic carbocycles. The maximum atomic E-state index is 6.66. The molecule has 5 aliphatic rings. The van der Waals surface area contributed by atoms with Crippen molar-refractivity contribution in [3.63, 3.8) is 0 Å². The van der Waals surface area contributed by atoms with Crippen molar-refractivity contribution < 1.29 is 36.7 Å². The van der Waals surface area contributed by atoms with Crippen molar-refractivity contribution in [3.05, 3.63) is 0 Å². The number of hydrogen-bond donors (Lipinski definition) is 0. The number of fused-ring (bicyclic) bond motifs is 1. The molecule has 4 saturated heterocycles. The lowest BCUT2D eigenvalue weighted by Crippen LogP contribution is -2.59. The summed E-state index contributed by atoms with van der Waals surface area (Å²) in [5.74, 6) is 0.456. The summed E-state index contributed by atoms with van der Waals surface area (Å²) in [5, 5.41) is 0. The number of ether oxygens (including phenoxy) is 4. The van der Waals surface area contributed by atoms with Gasteiger partial charge in [0.1, 0.15) is 0 Å². The Kier molecular flexibility index (Phi) is 7.77. The average Bonchev–Trinajstić information content (AvgIpc) is 3.55. The molecular formula is C25H44O8Si. The first-order chi connectivity index (χ1) is 16.5. The predicted molar refractivity (Wildman–Crippen MR) is 126 cm³/mol. The normalized spacial score (nSPS) is 32.7. The molecule has 0 radical (unpaired) electrons. The zero-order chi connectivity index (χ0) is 23.7. The summed E-state index contributed by atoms with van der Waals surface area (Å²) in [4.78, 5) is 0. The molecule has 34 heavy (non-hydrogen) atoms. The molecule has 4 aliphatic heterocycles. The van der Waals surface area contributed by atoms with Crippen LogP contribution >= 0.6 is 0 Å². The second-order valence-electron chi connectivity index (χ2n) is 11.6. The monoisotopic (exact) mass is 500 g/mol. The van der Waals surface area contributed by atoms with Gasteiger partial charge in [-0.15, -0.1) is 0 Å². The van der Waals surface area contributed by atoms with E-state index in [9.17, 15) is 0 Å². The first-order valence-electron chi connectivity index (χ1n) is 13.4. The lowest BCUT2D eigenvalue weighted by Gasteiger charge is -2.46. The van der Waals surface area contributed by atoms with E-state index in [1.165, 1.54) is 0 Å². The van der Waals surface area contributed by atoms with Gasteiger partial charge in [-0.3, -0.25) is 0 Å². The van der Waals surface area contributed by atoms with Gasteiger partial charge in [0, 0.05) is 22.9 Å². The molecule has 1 saturated carbocycles. The fourth-order valence-electron chi connectivity index (χ4n) is 5.17. The number of rotatable bonds is 15. The molecule has 4 heterocycles. The van der Waals surface area contributed by atoms with Crippen molar-refractivity contribution in [2.45, 2.75) is 71.5 Å². The maximum Gasteiger partial charge on any atom is 0.679 e. The average molecular weight is 501 g/mol. The van der Waals surface area contributed by atoms with Gasteiger partial charge in [0.15, 0.2) is 0 Å². The summed E-state index contributed by atoms with van der Waals surface area (Å²) >= 11 is 0. The van der Waals surface area contributed by atoms with Crippen LogP contribution in [-0.4, -0.2) is 87.3 Å². The Morgan fingerprint density at radius 3 is 1.47 bits per heavy atom. The van der Waals surface area contributed by atoms with Gasteiger partial charge in [0.2, 0.25) is 0 Å². The zero-order valence-corrected chi connectivity index (χ0v) is 22.3. The van der Waals surface area contributed by atoms with E-state index in [1.54, 1.807) is 0 Å². The predicted octanol–water partition coefficient (Wildman–Crippen LogP) is 3.34. The van der Waals surface area contributed by atoms with E-state index in [0.29, 0.717) is 44.6 Å². The zero-order valence-electron chi connectivity index (χ0n) is 21.3. The molecule has 0 aromatic rings. The van der Waals surface area contributed by atoms with E-state index in [1.807, 2.05) is 0 Å². The number of hydrogen-bond acceptors (Lipinski definition) is 8. The minimum Gasteiger partial charge on any atom is -0.380 e. The van der Waals surface area contributed by atoms with Crippen molar-refractivity contribution in [3.8, 4) is 0 Å². The highest BCUT2D eigenvalue weighted by Crippen LogP contribution is 2.41. The van der Waals surface area contributed by atoms with Gasteiger partial charge in [0.25, 0.3) is 0 Å². The highest BCUT2D eigenvalue weighted by Gasteiger charge is 2.54. The second-order valence-corrected chi connectivity index (χ2v) is 13.8. The summed E-state index contributed by atoms with van der Waals surface area (Å²) in [6.07, 6.45) is 7.21. The lowest BCUT2D eigenvalue weighted by molar-refractivity contribution is -0.185. The molecule has 3 unspecified atom stereocenters.